The highest BCUT2D eigenvalue weighted by Crippen LogP contribution is 2.29. The molecule has 1 atom stereocenters. The van der Waals surface area contributed by atoms with Crippen LogP contribution >= 0.6 is 0 Å². The van der Waals surface area contributed by atoms with Crippen LogP contribution in [-0.2, 0) is 6.42 Å². The molecule has 2 aromatic rings. The van der Waals surface area contributed by atoms with Gasteiger partial charge in [0.1, 0.15) is 5.75 Å². The number of rotatable bonds is 7. The maximum absolute atomic E-state index is 13.7. The first-order chi connectivity index (χ1) is 14.6. The summed E-state index contributed by atoms with van der Waals surface area (Å²) in [6.07, 6.45) is 2.32. The van der Waals surface area contributed by atoms with Gasteiger partial charge < -0.3 is 4.74 Å². The van der Waals surface area contributed by atoms with E-state index in [-0.39, 0.29) is 23.3 Å². The second-order valence-electron chi connectivity index (χ2n) is 8.94. The van der Waals surface area contributed by atoms with Crippen molar-refractivity contribution in [1.82, 2.24) is 10.4 Å². The van der Waals surface area contributed by atoms with Crippen LogP contribution in [0.15, 0.2) is 42.5 Å². The summed E-state index contributed by atoms with van der Waals surface area (Å²) in [5.41, 5.74) is 5.57. The monoisotopic (exact) mass is 424 g/mol. The van der Waals surface area contributed by atoms with E-state index in [1.54, 1.807) is 24.3 Å². The standard InChI is InChI=1S/C26H36N2O3/c1-8-13-23(26(4,5)6)28(25(30)20-15-11-10-14-18(20)3)27-24(29)21-16-12-17-22(31-7)19(21)9-2/h10-12,14-17,23H,8-9,13H2,1-7H3,(H,27,29). The first-order valence-electron chi connectivity index (χ1n) is 11.0. The van der Waals surface area contributed by atoms with Crippen molar-refractivity contribution in [3.8, 4) is 5.75 Å². The third kappa shape index (κ3) is 5.66. The van der Waals surface area contributed by atoms with Crippen molar-refractivity contribution in [2.45, 2.75) is 66.8 Å². The fourth-order valence-electron chi connectivity index (χ4n) is 3.94. The molecule has 0 saturated heterocycles. The van der Waals surface area contributed by atoms with E-state index in [4.69, 9.17) is 4.74 Å². The maximum atomic E-state index is 13.7. The molecule has 0 saturated carbocycles. The Kier molecular flexibility index (Phi) is 8.26. The summed E-state index contributed by atoms with van der Waals surface area (Å²) < 4.78 is 5.44. The summed E-state index contributed by atoms with van der Waals surface area (Å²) in [6.45, 7) is 12.3. The highest BCUT2D eigenvalue weighted by molar-refractivity contribution is 6.01. The molecule has 0 bridgehead atoms. The maximum Gasteiger partial charge on any atom is 0.272 e. The molecule has 2 amide bonds. The molecule has 5 heteroatoms. The molecule has 0 aromatic heterocycles. The number of ether oxygens (including phenoxy) is 1. The Bertz CT molecular complexity index is 915. The van der Waals surface area contributed by atoms with Crippen LogP contribution in [0.4, 0.5) is 0 Å². The molecule has 1 unspecified atom stereocenters. The molecule has 1 N–H and O–H groups in total. The van der Waals surface area contributed by atoms with Crippen molar-refractivity contribution in [2.75, 3.05) is 7.11 Å². The minimum atomic E-state index is -0.303. The zero-order valence-electron chi connectivity index (χ0n) is 19.9. The second kappa shape index (κ2) is 10.5. The van der Waals surface area contributed by atoms with Crippen molar-refractivity contribution in [3.05, 3.63) is 64.7 Å². The van der Waals surface area contributed by atoms with Gasteiger partial charge >= 0.3 is 0 Å². The SMILES string of the molecule is CCCC(N(NC(=O)c1cccc(OC)c1CC)C(=O)c1ccccc1C)C(C)(C)C. The molecule has 0 radical (unpaired) electrons. The van der Waals surface area contributed by atoms with Crippen LogP contribution in [-0.4, -0.2) is 30.0 Å². The quantitative estimate of drug-likeness (QED) is 0.591. The number of hydrazine groups is 1. The summed E-state index contributed by atoms with van der Waals surface area (Å²) in [6, 6.07) is 12.7. The Morgan fingerprint density at radius 2 is 1.68 bits per heavy atom. The molecular weight excluding hydrogens is 388 g/mol. The number of carbonyl (C=O) groups is 2. The Balaban J connectivity index is 2.52. The highest BCUT2D eigenvalue weighted by Gasteiger charge is 2.35. The van der Waals surface area contributed by atoms with Gasteiger partial charge in [-0.1, -0.05) is 65.3 Å². The molecule has 2 rings (SSSR count). The third-order valence-corrected chi connectivity index (χ3v) is 5.64. The van der Waals surface area contributed by atoms with Gasteiger partial charge in [-0.3, -0.25) is 15.0 Å². The molecule has 0 aliphatic carbocycles. The van der Waals surface area contributed by atoms with Gasteiger partial charge in [0, 0.05) is 16.7 Å². The number of aryl methyl sites for hydroxylation is 1. The molecule has 31 heavy (non-hydrogen) atoms. The van der Waals surface area contributed by atoms with Gasteiger partial charge in [-0.05, 0) is 48.9 Å². The van der Waals surface area contributed by atoms with Gasteiger partial charge in [0.15, 0.2) is 0 Å². The topological polar surface area (TPSA) is 58.6 Å². The summed E-state index contributed by atoms with van der Waals surface area (Å²) >= 11 is 0. The first kappa shape index (κ1) is 24.4. The molecular formula is C26H36N2O3. The number of nitrogens with zero attached hydrogens (tertiary/aromatic N) is 1. The third-order valence-electron chi connectivity index (χ3n) is 5.64. The lowest BCUT2D eigenvalue weighted by Gasteiger charge is -2.40. The zero-order valence-corrected chi connectivity index (χ0v) is 19.9. The Morgan fingerprint density at radius 3 is 2.23 bits per heavy atom. The Hall–Kier alpha value is -2.82. The lowest BCUT2D eigenvalue weighted by atomic mass is 9.83. The summed E-state index contributed by atoms with van der Waals surface area (Å²) in [4.78, 5) is 27.1. The largest absolute Gasteiger partial charge is 0.496 e. The lowest BCUT2D eigenvalue weighted by molar-refractivity contribution is 0.0270. The molecule has 2 aromatic carbocycles. The van der Waals surface area contributed by atoms with Gasteiger partial charge in [-0.2, -0.15) is 0 Å². The van der Waals surface area contributed by atoms with Crippen LogP contribution in [0.25, 0.3) is 0 Å². The number of hydrogen-bond donors (Lipinski definition) is 1. The number of hydrogen-bond acceptors (Lipinski definition) is 3. The molecule has 0 aliphatic rings. The number of benzene rings is 2. The number of methoxy groups -OCH3 is 1. The average Bonchev–Trinajstić information content (AvgIpc) is 2.74. The van der Waals surface area contributed by atoms with Gasteiger partial charge in [-0.25, -0.2) is 5.01 Å². The van der Waals surface area contributed by atoms with Crippen molar-refractivity contribution in [3.63, 3.8) is 0 Å². The van der Waals surface area contributed by atoms with Gasteiger partial charge in [0.2, 0.25) is 0 Å². The van der Waals surface area contributed by atoms with Crippen LogP contribution in [0.3, 0.4) is 0 Å². The fraction of sp³-hybridized carbons (Fsp3) is 0.462. The summed E-state index contributed by atoms with van der Waals surface area (Å²) in [7, 11) is 1.60. The molecule has 0 spiro atoms. The lowest BCUT2D eigenvalue weighted by Crippen LogP contribution is -2.56. The molecule has 5 nitrogen and oxygen atoms in total. The van der Waals surface area contributed by atoms with E-state index in [0.717, 1.165) is 24.0 Å². The zero-order chi connectivity index (χ0) is 23.2. The van der Waals surface area contributed by atoms with Gasteiger partial charge in [0.25, 0.3) is 11.8 Å². The van der Waals surface area contributed by atoms with E-state index in [2.05, 4.69) is 33.1 Å². The van der Waals surface area contributed by atoms with Gasteiger partial charge in [-0.15, -0.1) is 0 Å². The minimum Gasteiger partial charge on any atom is -0.496 e. The summed E-state index contributed by atoms with van der Waals surface area (Å²) in [5.74, 6) is 0.177. The Morgan fingerprint density at radius 1 is 1.03 bits per heavy atom. The van der Waals surface area contributed by atoms with Crippen LogP contribution in [0, 0.1) is 12.3 Å². The molecule has 0 fully saturated rings. The van der Waals surface area contributed by atoms with Gasteiger partial charge in [0.05, 0.1) is 13.2 Å². The number of carbonyl (C=O) groups excluding carboxylic acids is 2. The van der Waals surface area contributed by atoms with E-state index in [9.17, 15) is 9.59 Å². The van der Waals surface area contributed by atoms with Crippen molar-refractivity contribution in [2.24, 2.45) is 5.41 Å². The fourth-order valence-corrected chi connectivity index (χ4v) is 3.94. The van der Waals surface area contributed by atoms with Crippen molar-refractivity contribution >= 4 is 11.8 Å². The highest BCUT2D eigenvalue weighted by atomic mass is 16.5. The van der Waals surface area contributed by atoms with Crippen LogP contribution in [0.5, 0.6) is 5.75 Å². The van der Waals surface area contributed by atoms with E-state index >= 15 is 0 Å². The molecule has 168 valence electrons. The second-order valence-corrected chi connectivity index (χ2v) is 8.94. The molecule has 0 heterocycles. The first-order valence-corrected chi connectivity index (χ1v) is 11.0. The van der Waals surface area contributed by atoms with E-state index in [1.165, 1.54) is 0 Å². The smallest absolute Gasteiger partial charge is 0.272 e. The van der Waals surface area contributed by atoms with Crippen LogP contribution in [0.2, 0.25) is 0 Å². The Labute approximate surface area is 186 Å². The van der Waals surface area contributed by atoms with E-state index in [1.807, 2.05) is 44.2 Å². The summed E-state index contributed by atoms with van der Waals surface area (Å²) in [5, 5.41) is 1.55. The predicted molar refractivity (Wildman–Crippen MR) is 125 cm³/mol. The normalized spacial score (nSPS) is 12.2. The minimum absolute atomic E-state index is 0.163. The van der Waals surface area contributed by atoms with E-state index in [0.29, 0.717) is 23.3 Å². The van der Waals surface area contributed by atoms with Crippen molar-refractivity contribution in [1.29, 1.82) is 0 Å². The van der Waals surface area contributed by atoms with Crippen LogP contribution in [0.1, 0.15) is 79.3 Å². The number of amides is 2. The van der Waals surface area contributed by atoms with Crippen molar-refractivity contribution < 1.29 is 14.3 Å². The number of nitrogens with one attached hydrogen (secondary N) is 1. The van der Waals surface area contributed by atoms with E-state index < -0.39 is 0 Å². The predicted octanol–water partition coefficient (Wildman–Crippen LogP) is 5.57. The average molecular weight is 425 g/mol. The molecule has 0 aliphatic heterocycles. The van der Waals surface area contributed by atoms with Crippen LogP contribution < -0.4 is 10.2 Å².